The van der Waals surface area contributed by atoms with Gasteiger partial charge in [-0.2, -0.15) is 10.5 Å². The van der Waals surface area contributed by atoms with Crippen molar-refractivity contribution in [2.24, 2.45) is 0 Å². The lowest BCUT2D eigenvalue weighted by molar-refractivity contribution is 0.779. The Bertz CT molecular complexity index is 1510. The number of alkyl halides is 2. The molecule has 0 unspecified atom stereocenters. The number of aryl methyl sites for hydroxylation is 2. The fourth-order valence-corrected chi connectivity index (χ4v) is 8.47. The van der Waals surface area contributed by atoms with Gasteiger partial charge in [-0.15, -0.1) is 0 Å². The second-order valence-electron chi connectivity index (χ2n) is 10.9. The number of hydrogen-bond acceptors (Lipinski definition) is 4. The van der Waals surface area contributed by atoms with E-state index < -0.39 is 0 Å². The number of nitrogens with one attached hydrogen (secondary N) is 2. The van der Waals surface area contributed by atoms with Crippen molar-refractivity contribution < 1.29 is 0 Å². The van der Waals surface area contributed by atoms with Crippen LogP contribution in [0.5, 0.6) is 0 Å². The summed E-state index contributed by atoms with van der Waals surface area (Å²) in [7, 11) is 3.99. The normalized spacial score (nSPS) is 9.63. The van der Waals surface area contributed by atoms with E-state index in [4.69, 9.17) is 10.5 Å². The molecule has 0 aliphatic heterocycles. The van der Waals surface area contributed by atoms with E-state index in [-0.39, 0.29) is 8.41 Å². The molecule has 11 heteroatoms. The van der Waals surface area contributed by atoms with Crippen LogP contribution in [0.1, 0.15) is 44.5 Å². The van der Waals surface area contributed by atoms with Gasteiger partial charge in [-0.05, 0) is 237 Å². The molecule has 0 saturated carbocycles. The molecular formula is C38H42BBr2I4N4. The summed E-state index contributed by atoms with van der Waals surface area (Å²) < 4.78 is 5.04. The second kappa shape index (κ2) is 29.2. The number of likely N-dealkylation sites (N-methyl/N-ethyl adjacent to an activating group) is 2. The quantitative estimate of drug-likeness (QED) is 0.0943. The van der Waals surface area contributed by atoms with E-state index in [1.165, 1.54) is 44.1 Å². The highest BCUT2D eigenvalue weighted by Gasteiger charge is 2.00. The highest BCUT2D eigenvalue weighted by Crippen LogP contribution is 2.17. The van der Waals surface area contributed by atoms with Gasteiger partial charge in [0.25, 0.3) is 0 Å². The van der Waals surface area contributed by atoms with Crippen LogP contribution in [-0.2, 0) is 36.3 Å². The van der Waals surface area contributed by atoms with Gasteiger partial charge in [0.05, 0.1) is 25.0 Å². The van der Waals surface area contributed by atoms with E-state index in [1.54, 1.807) is 0 Å². The van der Waals surface area contributed by atoms with Crippen molar-refractivity contribution in [2.75, 3.05) is 27.2 Å². The van der Waals surface area contributed by atoms with Crippen molar-refractivity contribution in [3.63, 3.8) is 0 Å². The first kappa shape index (κ1) is 48.7. The molecule has 4 nitrogen and oxygen atoms in total. The van der Waals surface area contributed by atoms with Crippen molar-refractivity contribution in [2.45, 2.75) is 50.2 Å². The smallest absolute Gasteiger partial charge is 0.0669 e. The number of hydrogen-bond donors (Lipinski definition) is 2. The third-order valence-electron chi connectivity index (χ3n) is 6.44. The topological polar surface area (TPSA) is 71.6 Å². The van der Waals surface area contributed by atoms with Gasteiger partial charge in [0.15, 0.2) is 0 Å². The maximum absolute atomic E-state index is 8.51. The van der Waals surface area contributed by atoms with Crippen LogP contribution in [0.2, 0.25) is 0 Å². The molecule has 0 spiro atoms. The van der Waals surface area contributed by atoms with E-state index in [2.05, 4.69) is 213 Å². The number of rotatable bonds is 10. The predicted molar refractivity (Wildman–Crippen MR) is 251 cm³/mol. The molecule has 0 bridgehead atoms. The first-order valence-corrected chi connectivity index (χ1v) is 21.8. The van der Waals surface area contributed by atoms with Crippen LogP contribution in [-0.4, -0.2) is 35.6 Å². The zero-order valence-electron chi connectivity index (χ0n) is 28.3. The van der Waals surface area contributed by atoms with Crippen LogP contribution in [0.25, 0.3) is 0 Å². The molecule has 49 heavy (non-hydrogen) atoms. The fraction of sp³-hybridized carbons (Fsp3) is 0.316. The average molecular weight is 1230 g/mol. The summed E-state index contributed by atoms with van der Waals surface area (Å²) in [6, 6.07) is 30.0. The van der Waals surface area contributed by atoms with E-state index in [9.17, 15) is 0 Å². The van der Waals surface area contributed by atoms with Crippen molar-refractivity contribution in [1.82, 2.24) is 10.6 Å². The first-order chi connectivity index (χ1) is 23.0. The minimum atomic E-state index is 0. The molecule has 3 radical (unpaired) electrons. The maximum atomic E-state index is 8.51. The Labute approximate surface area is 368 Å². The lowest BCUT2D eigenvalue weighted by Gasteiger charge is -2.06. The van der Waals surface area contributed by atoms with E-state index in [1.807, 2.05) is 32.3 Å². The molecule has 0 atom stereocenters. The van der Waals surface area contributed by atoms with Crippen LogP contribution in [0, 0.1) is 50.8 Å². The Kier molecular flexibility index (Phi) is 29.0. The lowest BCUT2D eigenvalue weighted by Crippen LogP contribution is -2.12. The van der Waals surface area contributed by atoms with Gasteiger partial charge < -0.3 is 10.6 Å². The third kappa shape index (κ3) is 23.1. The molecular weight excluding hydrogens is 1190 g/mol. The fourth-order valence-electron chi connectivity index (χ4n) is 4.44. The summed E-state index contributed by atoms with van der Waals surface area (Å²) in [6.45, 7) is 6.33. The molecule has 0 saturated heterocycles. The van der Waals surface area contributed by atoms with Gasteiger partial charge >= 0.3 is 0 Å². The molecule has 0 aromatic heterocycles. The van der Waals surface area contributed by atoms with Crippen molar-refractivity contribution in [1.29, 1.82) is 10.5 Å². The van der Waals surface area contributed by atoms with Crippen LogP contribution in [0.15, 0.2) is 72.8 Å². The molecule has 4 rings (SSSR count). The summed E-state index contributed by atoms with van der Waals surface area (Å²) >= 11 is 16.1. The van der Waals surface area contributed by atoms with Crippen molar-refractivity contribution >= 4 is 131 Å². The van der Waals surface area contributed by atoms with Crippen LogP contribution in [0.3, 0.4) is 0 Å². The van der Waals surface area contributed by atoms with Gasteiger partial charge in [-0.25, -0.2) is 0 Å². The molecule has 2 N–H and O–H groups in total. The zero-order chi connectivity index (χ0) is 35.9. The van der Waals surface area contributed by atoms with Gasteiger partial charge in [0, 0.05) is 33.4 Å². The molecule has 0 aliphatic rings. The number of nitrogens with zero attached hydrogens (tertiary/aromatic N) is 2. The van der Waals surface area contributed by atoms with Crippen LogP contribution in [0.4, 0.5) is 0 Å². The SMILES string of the molecule is BrCc1cc(I)cc(CBr)c1.CNCCc1cc(I)cc(CCNC)c1.Cc1cc(C)cc(I)c1.N#CCc1cc(I)cc(CC#N)c1.[B]. The minimum absolute atomic E-state index is 0. The predicted octanol–water partition coefficient (Wildman–Crippen LogP) is 10.8. The Balaban J connectivity index is 0.000000632. The molecule has 0 amide bonds. The van der Waals surface area contributed by atoms with Gasteiger partial charge in [-0.1, -0.05) is 56.1 Å². The van der Waals surface area contributed by atoms with Gasteiger partial charge in [0.1, 0.15) is 0 Å². The highest BCUT2D eigenvalue weighted by atomic mass is 127. The largest absolute Gasteiger partial charge is 0.319 e. The van der Waals surface area contributed by atoms with E-state index >= 15 is 0 Å². The van der Waals surface area contributed by atoms with Crippen LogP contribution < -0.4 is 10.6 Å². The summed E-state index contributed by atoms with van der Waals surface area (Å²) in [5.74, 6) is 0. The third-order valence-corrected chi connectivity index (χ3v) is 10.2. The van der Waals surface area contributed by atoms with Crippen LogP contribution >= 0.6 is 122 Å². The molecule has 0 heterocycles. The van der Waals surface area contributed by atoms with Crippen molar-refractivity contribution in [3.8, 4) is 12.1 Å². The van der Waals surface area contributed by atoms with Gasteiger partial charge in [-0.3, -0.25) is 0 Å². The minimum Gasteiger partial charge on any atom is -0.319 e. The maximum Gasteiger partial charge on any atom is 0.0669 e. The monoisotopic (exact) mass is 1230 g/mol. The number of halogens is 6. The standard InChI is InChI=1S/C12H19IN2.C10H7IN2.C8H7Br2I.C8H9I.B/c1-14-5-3-10-7-11(4-6-15-2)9-12(13)8-10;11-10-6-8(1-3-12)5-9(7-10)2-4-13;9-4-6-1-7(5-10)3-8(11)2-6;1-6-3-7(2)5-8(9)4-6;/h7-9,14-15H,3-6H2,1-2H3;5-7H,1-2H2;1-3H,4-5H2;3-5H,1-2H3;. The Morgan fingerprint density at radius 1 is 0.510 bits per heavy atom. The lowest BCUT2D eigenvalue weighted by atomic mass is 10.1. The van der Waals surface area contributed by atoms with E-state index in [0.717, 1.165) is 51.3 Å². The summed E-state index contributed by atoms with van der Waals surface area (Å²) in [4.78, 5) is 0. The average Bonchev–Trinajstić information content (AvgIpc) is 3.02. The highest BCUT2D eigenvalue weighted by molar-refractivity contribution is 14.1. The van der Waals surface area contributed by atoms with E-state index in [0.29, 0.717) is 12.8 Å². The summed E-state index contributed by atoms with van der Waals surface area (Å²) in [6.07, 6.45) is 3.05. The molecule has 0 fully saturated rings. The first-order valence-electron chi connectivity index (χ1n) is 15.2. The molecule has 259 valence electrons. The Morgan fingerprint density at radius 3 is 1.14 bits per heavy atom. The molecule has 4 aromatic rings. The summed E-state index contributed by atoms with van der Waals surface area (Å²) in [5, 5.41) is 25.3. The number of benzene rings is 4. The Hall–Kier alpha value is -0.275. The van der Waals surface area contributed by atoms with Gasteiger partial charge in [0.2, 0.25) is 0 Å². The number of nitriles is 2. The summed E-state index contributed by atoms with van der Waals surface area (Å²) in [5.41, 5.74) is 10.2. The Morgan fingerprint density at radius 2 is 0.816 bits per heavy atom. The zero-order valence-corrected chi connectivity index (χ0v) is 40.1. The molecule has 0 aliphatic carbocycles. The second-order valence-corrected chi connectivity index (χ2v) is 17.0. The molecule has 4 aromatic carbocycles. The van der Waals surface area contributed by atoms with Crippen molar-refractivity contribution in [3.05, 3.63) is 132 Å².